The van der Waals surface area contributed by atoms with Gasteiger partial charge in [-0.05, 0) is 43.2 Å². The van der Waals surface area contributed by atoms with E-state index in [1.165, 1.54) is 6.07 Å². The third-order valence-electron chi connectivity index (χ3n) is 5.07. The first-order valence-corrected chi connectivity index (χ1v) is 9.89. The maximum atomic E-state index is 13.3. The molecule has 150 valence electrons. The lowest BCUT2D eigenvalue weighted by Gasteiger charge is -2.22. The topological polar surface area (TPSA) is 72.8 Å². The number of nitrogens with one attached hydrogen (secondary N) is 1. The van der Waals surface area contributed by atoms with E-state index in [1.807, 2.05) is 0 Å². The molecule has 0 bridgehead atoms. The molecule has 29 heavy (non-hydrogen) atoms. The lowest BCUT2D eigenvalue weighted by molar-refractivity contribution is -0.141. The van der Waals surface area contributed by atoms with E-state index >= 15 is 0 Å². The minimum atomic E-state index is -4.55. The number of pyridine rings is 1. The number of thiazole rings is 1. The Bertz CT molecular complexity index is 1270. The van der Waals surface area contributed by atoms with Crippen LogP contribution in [0.4, 0.5) is 13.2 Å². The number of fused-ring (bicyclic) bond motifs is 2. The number of rotatable bonds is 2. The van der Waals surface area contributed by atoms with Gasteiger partial charge in [0.25, 0.3) is 0 Å². The maximum Gasteiger partial charge on any atom is 0.433 e. The molecule has 1 fully saturated rings. The number of alkyl halides is 3. The number of benzene rings is 1. The van der Waals surface area contributed by atoms with Crippen molar-refractivity contribution in [3.63, 3.8) is 0 Å². The van der Waals surface area contributed by atoms with Gasteiger partial charge in [0.15, 0.2) is 5.65 Å². The molecule has 0 unspecified atom stereocenters. The molecule has 4 aromatic rings. The molecule has 4 heterocycles. The molecule has 0 saturated carbocycles. The van der Waals surface area contributed by atoms with E-state index < -0.39 is 11.9 Å². The van der Waals surface area contributed by atoms with Gasteiger partial charge in [-0.2, -0.15) is 13.2 Å². The highest BCUT2D eigenvalue weighted by molar-refractivity contribution is 7.16. The van der Waals surface area contributed by atoms with Gasteiger partial charge in [0.1, 0.15) is 17.0 Å². The van der Waals surface area contributed by atoms with E-state index in [0.29, 0.717) is 35.8 Å². The van der Waals surface area contributed by atoms with E-state index in [9.17, 15) is 18.0 Å². The summed E-state index contributed by atoms with van der Waals surface area (Å²) in [6, 6.07) is 7.60. The Labute approximate surface area is 166 Å². The monoisotopic (exact) mass is 420 g/mol. The molecule has 1 N–H and O–H groups in total. The summed E-state index contributed by atoms with van der Waals surface area (Å²) in [7, 11) is 0. The smallest absolute Gasteiger partial charge is 0.381 e. The fourth-order valence-electron chi connectivity index (χ4n) is 3.69. The maximum absolute atomic E-state index is 13.3. The molecule has 0 spiro atoms. The second kappa shape index (κ2) is 6.67. The largest absolute Gasteiger partial charge is 0.433 e. The molecular formula is C19H15F3N4O2S. The zero-order valence-electron chi connectivity index (χ0n) is 15.0. The summed E-state index contributed by atoms with van der Waals surface area (Å²) in [5, 5.41) is 0. The van der Waals surface area contributed by atoms with Crippen molar-refractivity contribution in [1.82, 2.24) is 19.5 Å². The van der Waals surface area contributed by atoms with Crippen molar-refractivity contribution in [1.29, 1.82) is 0 Å². The van der Waals surface area contributed by atoms with Crippen LogP contribution in [0.3, 0.4) is 0 Å². The Morgan fingerprint density at radius 2 is 1.93 bits per heavy atom. The number of H-pyrrole nitrogens is 1. The van der Waals surface area contributed by atoms with Gasteiger partial charge in [-0.3, -0.25) is 9.36 Å². The van der Waals surface area contributed by atoms with Crippen molar-refractivity contribution in [3.05, 3.63) is 51.5 Å². The van der Waals surface area contributed by atoms with Gasteiger partial charge in [0.05, 0.1) is 15.9 Å². The lowest BCUT2D eigenvalue weighted by atomic mass is 9.99. The van der Waals surface area contributed by atoms with E-state index in [2.05, 4.69) is 15.0 Å². The highest BCUT2D eigenvalue weighted by atomic mass is 32.1. The summed E-state index contributed by atoms with van der Waals surface area (Å²) in [4.78, 5) is 22.7. The molecule has 1 saturated heterocycles. The van der Waals surface area contributed by atoms with Gasteiger partial charge in [0, 0.05) is 19.1 Å². The number of aromatic nitrogens is 4. The Morgan fingerprint density at radius 1 is 1.14 bits per heavy atom. The van der Waals surface area contributed by atoms with Crippen molar-refractivity contribution in [2.45, 2.75) is 24.9 Å². The van der Waals surface area contributed by atoms with Crippen molar-refractivity contribution in [3.8, 4) is 5.69 Å². The fourth-order valence-corrected chi connectivity index (χ4v) is 4.46. The molecule has 0 radical (unpaired) electrons. The highest BCUT2D eigenvalue weighted by Gasteiger charge is 2.34. The predicted octanol–water partition coefficient (Wildman–Crippen LogP) is 4.24. The average Bonchev–Trinajstić information content (AvgIpc) is 3.26. The first-order valence-electron chi connectivity index (χ1n) is 9.08. The van der Waals surface area contributed by atoms with E-state index in [1.54, 1.807) is 22.8 Å². The summed E-state index contributed by atoms with van der Waals surface area (Å²) in [6.07, 6.45) is -3.09. The molecule has 3 aromatic heterocycles. The van der Waals surface area contributed by atoms with Gasteiger partial charge < -0.3 is 9.72 Å². The van der Waals surface area contributed by atoms with Crippen LogP contribution in [0.15, 0.2) is 35.1 Å². The Balaban J connectivity index is 1.77. The molecule has 1 aliphatic rings. The van der Waals surface area contributed by atoms with Gasteiger partial charge >= 0.3 is 11.0 Å². The minimum Gasteiger partial charge on any atom is -0.381 e. The van der Waals surface area contributed by atoms with Crippen LogP contribution in [0, 0.1) is 0 Å². The third kappa shape index (κ3) is 3.22. The van der Waals surface area contributed by atoms with Crippen molar-refractivity contribution in [2.24, 2.45) is 0 Å². The van der Waals surface area contributed by atoms with Gasteiger partial charge in [-0.25, -0.2) is 9.97 Å². The van der Waals surface area contributed by atoms with Crippen LogP contribution >= 0.6 is 11.3 Å². The van der Waals surface area contributed by atoms with Crippen LogP contribution < -0.4 is 4.87 Å². The number of hydrogen-bond acceptors (Lipinski definition) is 5. The summed E-state index contributed by atoms with van der Waals surface area (Å²) >= 11 is 1.05. The van der Waals surface area contributed by atoms with Crippen LogP contribution in [0.1, 0.15) is 30.3 Å². The first kappa shape index (κ1) is 18.3. The van der Waals surface area contributed by atoms with Gasteiger partial charge in [-0.15, -0.1) is 0 Å². The normalized spacial score (nSPS) is 16.1. The quantitative estimate of drug-likeness (QED) is 0.527. The zero-order chi connectivity index (χ0) is 20.2. The van der Waals surface area contributed by atoms with Crippen molar-refractivity contribution < 1.29 is 17.9 Å². The summed E-state index contributed by atoms with van der Waals surface area (Å²) in [6.45, 7) is 1.15. The molecule has 1 aliphatic heterocycles. The minimum absolute atomic E-state index is 0.0490. The fraction of sp³-hybridized carbons (Fsp3) is 0.316. The molecule has 0 aliphatic carbocycles. The summed E-state index contributed by atoms with van der Waals surface area (Å²) < 4.78 is 47.7. The second-order valence-corrected chi connectivity index (χ2v) is 7.94. The average molecular weight is 420 g/mol. The van der Waals surface area contributed by atoms with Crippen LogP contribution in [0.2, 0.25) is 0 Å². The van der Waals surface area contributed by atoms with E-state index in [-0.39, 0.29) is 16.4 Å². The molecule has 10 heteroatoms. The zero-order valence-corrected chi connectivity index (χ0v) is 15.8. The summed E-state index contributed by atoms with van der Waals surface area (Å²) in [5.41, 5.74) is 0.913. The Kier molecular flexibility index (Phi) is 4.21. The molecule has 0 amide bonds. The molecular weight excluding hydrogens is 405 g/mol. The molecule has 5 rings (SSSR count). The third-order valence-corrected chi connectivity index (χ3v) is 5.92. The van der Waals surface area contributed by atoms with Crippen LogP contribution in [0.5, 0.6) is 0 Å². The number of hydrogen-bond donors (Lipinski definition) is 1. The van der Waals surface area contributed by atoms with Crippen molar-refractivity contribution in [2.75, 3.05) is 13.2 Å². The number of imidazole rings is 1. The van der Waals surface area contributed by atoms with E-state index in [0.717, 1.165) is 34.9 Å². The number of nitrogens with zero attached hydrogens (tertiary/aromatic N) is 3. The standard InChI is InChI=1S/C19H15F3N4O2S/c20-19(21,22)15-4-3-13-17(25-15)26(16(23-13)10-5-7-28-8-6-10)11-1-2-12-14(9-11)29-18(27)24-12/h1-4,9-10H,5-8H2,(H,24,27). The van der Waals surface area contributed by atoms with Crippen molar-refractivity contribution >= 4 is 32.7 Å². The SMILES string of the molecule is O=c1[nH]c2ccc(-n3c(C4CCOCC4)nc4ccc(C(F)(F)F)nc43)cc2s1. The summed E-state index contributed by atoms with van der Waals surface area (Å²) in [5.74, 6) is 0.713. The second-order valence-electron chi connectivity index (χ2n) is 6.92. The van der Waals surface area contributed by atoms with E-state index in [4.69, 9.17) is 4.74 Å². The van der Waals surface area contributed by atoms with Crippen LogP contribution in [0.25, 0.3) is 27.1 Å². The van der Waals surface area contributed by atoms with Gasteiger partial charge in [0.2, 0.25) is 0 Å². The number of ether oxygens (including phenoxy) is 1. The molecule has 0 atom stereocenters. The Hall–Kier alpha value is -2.72. The van der Waals surface area contributed by atoms with Crippen LogP contribution in [-0.4, -0.2) is 32.7 Å². The number of aromatic amines is 1. The molecule has 6 nitrogen and oxygen atoms in total. The highest BCUT2D eigenvalue weighted by Crippen LogP contribution is 2.34. The van der Waals surface area contributed by atoms with Crippen LogP contribution in [-0.2, 0) is 10.9 Å². The molecule has 1 aromatic carbocycles. The first-order chi connectivity index (χ1) is 13.9. The Morgan fingerprint density at radius 3 is 2.69 bits per heavy atom. The number of halogens is 3. The lowest BCUT2D eigenvalue weighted by Crippen LogP contribution is -2.18. The predicted molar refractivity (Wildman–Crippen MR) is 103 cm³/mol. The van der Waals surface area contributed by atoms with Gasteiger partial charge in [-0.1, -0.05) is 11.3 Å².